The number of rotatable bonds is 5. The van der Waals surface area contributed by atoms with Gasteiger partial charge in [-0.2, -0.15) is 0 Å². The average molecular weight is 437 g/mol. The molecule has 3 heterocycles. The number of fused-ring (bicyclic) bond motifs is 2. The first-order valence-corrected chi connectivity index (χ1v) is 9.13. The van der Waals surface area contributed by atoms with Crippen LogP contribution in [0.4, 0.5) is 0 Å². The predicted octanol–water partition coefficient (Wildman–Crippen LogP) is -0.296. The third-order valence-corrected chi connectivity index (χ3v) is 5.41. The van der Waals surface area contributed by atoms with Gasteiger partial charge in [0.2, 0.25) is 5.75 Å². The SMILES string of the molecule is CN1CC[N+](C)(CCCOc2c3occc3cc3ccc(=O)oc23)CC1.[Br-]. The minimum atomic E-state index is -0.385. The van der Waals surface area contributed by atoms with Crippen molar-refractivity contribution >= 4 is 21.9 Å². The zero-order chi connectivity index (χ0) is 18.1. The molecule has 1 saturated heterocycles. The van der Waals surface area contributed by atoms with Crippen molar-refractivity contribution in [1.29, 1.82) is 0 Å². The molecular weight excluding hydrogens is 412 g/mol. The van der Waals surface area contributed by atoms with Crippen molar-refractivity contribution in [2.75, 3.05) is 53.4 Å². The summed E-state index contributed by atoms with van der Waals surface area (Å²) in [6.45, 7) is 6.25. The predicted molar refractivity (Wildman–Crippen MR) is 101 cm³/mol. The molecule has 0 saturated carbocycles. The topological polar surface area (TPSA) is 55.8 Å². The molecule has 1 aliphatic rings. The molecule has 0 spiro atoms. The van der Waals surface area contributed by atoms with E-state index in [-0.39, 0.29) is 22.6 Å². The summed E-state index contributed by atoms with van der Waals surface area (Å²) in [6.07, 6.45) is 2.57. The Morgan fingerprint density at radius 3 is 2.67 bits per heavy atom. The van der Waals surface area contributed by atoms with Gasteiger partial charge in [0.25, 0.3) is 0 Å². The van der Waals surface area contributed by atoms with Gasteiger partial charge in [-0.05, 0) is 25.2 Å². The van der Waals surface area contributed by atoms with Crippen molar-refractivity contribution in [2.24, 2.45) is 0 Å². The van der Waals surface area contributed by atoms with Crippen LogP contribution in [0.1, 0.15) is 6.42 Å². The molecular formula is C20H25BrN2O4. The molecule has 27 heavy (non-hydrogen) atoms. The summed E-state index contributed by atoms with van der Waals surface area (Å²) in [4.78, 5) is 14.0. The van der Waals surface area contributed by atoms with E-state index in [0.29, 0.717) is 23.5 Å². The highest BCUT2D eigenvalue weighted by Crippen LogP contribution is 2.35. The highest BCUT2D eigenvalue weighted by molar-refractivity contribution is 5.99. The fraction of sp³-hybridized carbons (Fsp3) is 0.450. The molecule has 0 amide bonds. The van der Waals surface area contributed by atoms with E-state index in [1.807, 2.05) is 12.1 Å². The van der Waals surface area contributed by atoms with Gasteiger partial charge in [-0.1, -0.05) is 0 Å². The number of quaternary nitrogens is 1. The highest BCUT2D eigenvalue weighted by atomic mass is 79.9. The number of piperazine rings is 1. The molecule has 1 aromatic carbocycles. The van der Waals surface area contributed by atoms with Gasteiger partial charge in [-0.25, -0.2) is 4.79 Å². The van der Waals surface area contributed by atoms with Crippen molar-refractivity contribution in [3.63, 3.8) is 0 Å². The van der Waals surface area contributed by atoms with Gasteiger partial charge < -0.3 is 35.0 Å². The van der Waals surface area contributed by atoms with E-state index in [0.717, 1.165) is 41.3 Å². The van der Waals surface area contributed by atoms with Gasteiger partial charge in [0.15, 0.2) is 11.2 Å². The fourth-order valence-corrected chi connectivity index (χ4v) is 3.63. The lowest BCUT2D eigenvalue weighted by atomic mass is 10.1. The summed E-state index contributed by atoms with van der Waals surface area (Å²) in [5.74, 6) is 0.529. The van der Waals surface area contributed by atoms with Crippen molar-refractivity contribution in [3.05, 3.63) is 40.9 Å². The number of furan rings is 1. The van der Waals surface area contributed by atoms with Crippen molar-refractivity contribution in [2.45, 2.75) is 6.42 Å². The van der Waals surface area contributed by atoms with Gasteiger partial charge in [-0.15, -0.1) is 0 Å². The number of ether oxygens (including phenoxy) is 1. The number of hydrogen-bond donors (Lipinski definition) is 0. The van der Waals surface area contributed by atoms with Crippen molar-refractivity contribution in [1.82, 2.24) is 4.90 Å². The Labute approximate surface area is 168 Å². The normalized spacial score (nSPS) is 17.1. The zero-order valence-electron chi connectivity index (χ0n) is 15.7. The highest BCUT2D eigenvalue weighted by Gasteiger charge is 2.26. The van der Waals surface area contributed by atoms with E-state index in [1.165, 1.54) is 19.2 Å². The summed E-state index contributed by atoms with van der Waals surface area (Å²) < 4.78 is 18.1. The maximum atomic E-state index is 11.7. The molecule has 6 nitrogen and oxygen atoms in total. The average Bonchev–Trinajstić information content (AvgIpc) is 3.09. The first-order valence-electron chi connectivity index (χ1n) is 9.13. The molecule has 1 aliphatic heterocycles. The molecule has 0 aliphatic carbocycles. The lowest BCUT2D eigenvalue weighted by molar-refractivity contribution is -0.913. The lowest BCUT2D eigenvalue weighted by Gasteiger charge is -2.41. The van der Waals surface area contributed by atoms with Gasteiger partial charge in [-0.3, -0.25) is 4.90 Å². The van der Waals surface area contributed by atoms with E-state index in [9.17, 15) is 4.79 Å². The molecule has 146 valence electrons. The van der Waals surface area contributed by atoms with Crippen LogP contribution in [0.5, 0.6) is 5.75 Å². The number of benzene rings is 1. The van der Waals surface area contributed by atoms with Crippen molar-refractivity contribution in [3.8, 4) is 5.75 Å². The maximum absolute atomic E-state index is 11.7. The van der Waals surface area contributed by atoms with Crippen LogP contribution in [0.2, 0.25) is 0 Å². The molecule has 0 unspecified atom stereocenters. The van der Waals surface area contributed by atoms with Crippen LogP contribution >= 0.6 is 0 Å². The van der Waals surface area contributed by atoms with Crippen LogP contribution in [0, 0.1) is 0 Å². The second-order valence-corrected chi connectivity index (χ2v) is 7.51. The Morgan fingerprint density at radius 1 is 1.15 bits per heavy atom. The Balaban J connectivity index is 0.00000210. The number of nitrogens with zero attached hydrogens (tertiary/aromatic N) is 2. The molecule has 7 heteroatoms. The Kier molecular flexibility index (Phi) is 5.93. The Bertz CT molecular complexity index is 973. The third kappa shape index (κ3) is 4.20. The Morgan fingerprint density at radius 2 is 1.89 bits per heavy atom. The minimum Gasteiger partial charge on any atom is -1.00 e. The fourth-order valence-electron chi connectivity index (χ4n) is 3.63. The summed E-state index contributed by atoms with van der Waals surface area (Å²) in [5, 5.41) is 1.78. The molecule has 0 N–H and O–H groups in total. The lowest BCUT2D eigenvalue weighted by Crippen LogP contribution is -3.00. The zero-order valence-corrected chi connectivity index (χ0v) is 17.3. The van der Waals surface area contributed by atoms with Gasteiger partial charge in [0.1, 0.15) is 0 Å². The molecule has 3 aromatic rings. The van der Waals surface area contributed by atoms with Crippen LogP contribution in [0.3, 0.4) is 0 Å². The number of likely N-dealkylation sites (N-methyl/N-ethyl adjacent to an activating group) is 2. The molecule has 0 atom stereocenters. The van der Waals surface area contributed by atoms with Gasteiger partial charge >= 0.3 is 5.63 Å². The van der Waals surface area contributed by atoms with E-state index in [1.54, 1.807) is 12.3 Å². The standard InChI is InChI=1S/C20H25N2O4.BrH/c1-21-7-10-22(2,11-8-21)9-3-12-24-20-18-16(6-13-25-18)14-15-4-5-17(23)26-19(15)20;/h4-6,13-14H,3,7-12H2,1-2H3;1H/q+1;/p-1. The molecule has 0 radical (unpaired) electrons. The quantitative estimate of drug-likeness (QED) is 0.312. The van der Waals surface area contributed by atoms with Crippen LogP contribution in [-0.4, -0.2) is 62.8 Å². The van der Waals surface area contributed by atoms with Crippen molar-refractivity contribution < 1.29 is 35.0 Å². The summed E-state index contributed by atoms with van der Waals surface area (Å²) >= 11 is 0. The number of halogens is 1. The van der Waals surface area contributed by atoms with Crippen LogP contribution in [0.25, 0.3) is 21.9 Å². The second kappa shape index (κ2) is 8.04. The van der Waals surface area contributed by atoms with Crippen LogP contribution in [0.15, 0.2) is 44.2 Å². The van der Waals surface area contributed by atoms with E-state index in [2.05, 4.69) is 19.0 Å². The maximum Gasteiger partial charge on any atom is 0.336 e. The first-order chi connectivity index (χ1) is 12.5. The molecule has 0 bridgehead atoms. The monoisotopic (exact) mass is 436 g/mol. The molecule has 2 aromatic heterocycles. The summed E-state index contributed by atoms with van der Waals surface area (Å²) in [5.41, 5.74) is 0.704. The summed E-state index contributed by atoms with van der Waals surface area (Å²) in [7, 11) is 4.49. The first kappa shape index (κ1) is 19.9. The molecule has 1 fully saturated rings. The minimum absolute atomic E-state index is 0. The summed E-state index contributed by atoms with van der Waals surface area (Å²) in [6, 6.07) is 7.02. The largest absolute Gasteiger partial charge is 1.00 e. The number of hydrogen-bond acceptors (Lipinski definition) is 5. The van der Waals surface area contributed by atoms with Gasteiger partial charge in [0.05, 0.1) is 39.6 Å². The van der Waals surface area contributed by atoms with E-state index in [4.69, 9.17) is 13.6 Å². The Hall–Kier alpha value is -1.83. The third-order valence-electron chi connectivity index (χ3n) is 5.41. The van der Waals surface area contributed by atoms with Gasteiger partial charge in [0, 0.05) is 36.3 Å². The van der Waals surface area contributed by atoms with Crippen LogP contribution in [-0.2, 0) is 0 Å². The smallest absolute Gasteiger partial charge is 0.336 e. The second-order valence-electron chi connectivity index (χ2n) is 7.51. The van der Waals surface area contributed by atoms with E-state index < -0.39 is 0 Å². The van der Waals surface area contributed by atoms with E-state index >= 15 is 0 Å². The van der Waals surface area contributed by atoms with Crippen LogP contribution < -0.4 is 27.3 Å². The molecule has 4 rings (SSSR count).